The number of ether oxygens (including phenoxy) is 1. The monoisotopic (exact) mass is 235 g/mol. The number of rotatable bonds is 1. The van der Waals surface area contributed by atoms with E-state index in [4.69, 9.17) is 10.5 Å². The van der Waals surface area contributed by atoms with Gasteiger partial charge in [-0.15, -0.1) is 0 Å². The van der Waals surface area contributed by atoms with Crippen LogP contribution in [0.4, 0.5) is 10.3 Å². The number of aromatic nitrogens is 4. The van der Waals surface area contributed by atoms with E-state index in [0.29, 0.717) is 11.2 Å². The molecule has 0 spiro atoms. The van der Waals surface area contributed by atoms with Crippen LogP contribution in [0.2, 0.25) is 0 Å². The van der Waals surface area contributed by atoms with Crippen molar-refractivity contribution in [2.75, 3.05) is 5.73 Å². The van der Waals surface area contributed by atoms with E-state index in [0.717, 1.165) is 0 Å². The van der Waals surface area contributed by atoms with E-state index >= 15 is 0 Å². The number of nitrogens with zero attached hydrogens (tertiary/aromatic N) is 4. The van der Waals surface area contributed by atoms with Gasteiger partial charge in [0.15, 0.2) is 18.0 Å². The van der Waals surface area contributed by atoms with Crippen molar-refractivity contribution in [3.05, 3.63) is 24.9 Å². The zero-order valence-corrected chi connectivity index (χ0v) is 8.88. The number of imidazole rings is 1. The minimum atomic E-state index is -1.16. The number of fused-ring (bicyclic) bond motifs is 1. The largest absolute Gasteiger partial charge is 0.472 e. The molecule has 3 rings (SSSR count). The summed E-state index contributed by atoms with van der Waals surface area (Å²) in [5, 5.41) is 0. The fourth-order valence-corrected chi connectivity index (χ4v) is 1.83. The van der Waals surface area contributed by atoms with Crippen molar-refractivity contribution in [3.63, 3.8) is 0 Å². The molecule has 2 aromatic rings. The van der Waals surface area contributed by atoms with E-state index in [9.17, 15) is 4.39 Å². The van der Waals surface area contributed by atoms with Gasteiger partial charge in [-0.05, 0) is 0 Å². The molecular weight excluding hydrogens is 225 g/mol. The van der Waals surface area contributed by atoms with Gasteiger partial charge < -0.3 is 10.5 Å². The van der Waals surface area contributed by atoms with Gasteiger partial charge in [0.05, 0.1) is 6.20 Å². The van der Waals surface area contributed by atoms with Crippen LogP contribution >= 0.6 is 0 Å². The fraction of sp³-hybridized carbons (Fsp3) is 0.300. The first-order valence-electron chi connectivity index (χ1n) is 5.09. The van der Waals surface area contributed by atoms with E-state index in [-0.39, 0.29) is 18.1 Å². The Morgan fingerprint density at radius 3 is 3.06 bits per heavy atom. The van der Waals surface area contributed by atoms with Gasteiger partial charge in [-0.1, -0.05) is 6.58 Å². The molecule has 1 saturated heterocycles. The van der Waals surface area contributed by atoms with E-state index in [1.54, 1.807) is 4.57 Å². The first kappa shape index (κ1) is 10.0. The van der Waals surface area contributed by atoms with Gasteiger partial charge in [0.25, 0.3) is 0 Å². The van der Waals surface area contributed by atoms with Gasteiger partial charge >= 0.3 is 0 Å². The lowest BCUT2D eigenvalue weighted by molar-refractivity contribution is 0.102. The molecule has 2 atom stereocenters. The standard InChI is InChI=1S/C10H10FN5O/c1-5-6(11)2-8(17-5)16-4-14-7-3-13-10(12)15-9(7)16/h3-4,6,8H,1-2H2,(H2,12,13,15)/t6-,8+/m0/s1. The Bertz CT molecular complexity index is 595. The van der Waals surface area contributed by atoms with Gasteiger partial charge in [0, 0.05) is 6.42 Å². The number of nitrogen functional groups attached to an aromatic ring is 1. The summed E-state index contributed by atoms with van der Waals surface area (Å²) in [6, 6.07) is 0. The number of alkyl halides is 1. The molecule has 6 nitrogen and oxygen atoms in total. The third-order valence-electron chi connectivity index (χ3n) is 2.69. The minimum absolute atomic E-state index is 0.138. The Balaban J connectivity index is 2.06. The fourth-order valence-electron chi connectivity index (χ4n) is 1.83. The van der Waals surface area contributed by atoms with Crippen LogP contribution < -0.4 is 5.73 Å². The maximum Gasteiger partial charge on any atom is 0.222 e. The molecule has 1 aliphatic rings. The second kappa shape index (κ2) is 3.41. The quantitative estimate of drug-likeness (QED) is 0.802. The van der Waals surface area contributed by atoms with Gasteiger partial charge in [-0.3, -0.25) is 4.57 Å². The highest BCUT2D eigenvalue weighted by molar-refractivity contribution is 5.70. The first-order chi connectivity index (χ1) is 8.15. The van der Waals surface area contributed by atoms with Crippen LogP contribution in [0.1, 0.15) is 12.6 Å². The maximum atomic E-state index is 13.3. The molecule has 17 heavy (non-hydrogen) atoms. The third-order valence-corrected chi connectivity index (χ3v) is 2.69. The number of nitrogens with two attached hydrogens (primary N) is 1. The summed E-state index contributed by atoms with van der Waals surface area (Å²) in [7, 11) is 0. The van der Waals surface area contributed by atoms with Crippen LogP contribution in [0.5, 0.6) is 0 Å². The van der Waals surface area contributed by atoms with Crippen molar-refractivity contribution < 1.29 is 9.13 Å². The minimum Gasteiger partial charge on any atom is -0.472 e. The first-order valence-corrected chi connectivity index (χ1v) is 5.09. The van der Waals surface area contributed by atoms with Crippen molar-refractivity contribution in [2.24, 2.45) is 0 Å². The zero-order valence-electron chi connectivity index (χ0n) is 8.88. The van der Waals surface area contributed by atoms with Crippen molar-refractivity contribution >= 4 is 17.1 Å². The zero-order chi connectivity index (χ0) is 12.0. The van der Waals surface area contributed by atoms with Gasteiger partial charge in [-0.2, -0.15) is 4.98 Å². The summed E-state index contributed by atoms with van der Waals surface area (Å²) in [5.41, 5.74) is 6.63. The van der Waals surface area contributed by atoms with Crippen LogP contribution in [0.15, 0.2) is 24.9 Å². The summed E-state index contributed by atoms with van der Waals surface area (Å²) in [4.78, 5) is 12.0. The van der Waals surface area contributed by atoms with Crippen LogP contribution in [0.3, 0.4) is 0 Å². The highest BCUT2D eigenvalue weighted by atomic mass is 19.1. The van der Waals surface area contributed by atoms with Gasteiger partial charge in [-0.25, -0.2) is 14.4 Å². The molecule has 3 heterocycles. The predicted octanol–water partition coefficient (Wildman–Crippen LogP) is 1.18. The highest BCUT2D eigenvalue weighted by Crippen LogP contribution is 2.33. The summed E-state index contributed by atoms with van der Waals surface area (Å²) < 4.78 is 20.3. The number of hydrogen-bond donors (Lipinski definition) is 1. The van der Waals surface area contributed by atoms with Crippen LogP contribution in [-0.2, 0) is 4.74 Å². The average Bonchev–Trinajstić information content (AvgIpc) is 2.83. The Morgan fingerprint density at radius 2 is 2.35 bits per heavy atom. The number of allylic oxidation sites excluding steroid dienone is 1. The van der Waals surface area contributed by atoms with E-state index < -0.39 is 12.4 Å². The number of halogens is 1. The summed E-state index contributed by atoms with van der Waals surface area (Å²) in [6.45, 7) is 3.50. The average molecular weight is 235 g/mol. The van der Waals surface area contributed by atoms with E-state index in [1.807, 2.05) is 0 Å². The number of hydrogen-bond acceptors (Lipinski definition) is 5. The smallest absolute Gasteiger partial charge is 0.222 e. The maximum absolute atomic E-state index is 13.3. The Hall–Kier alpha value is -2.18. The molecule has 1 fully saturated rings. The molecule has 0 radical (unpaired) electrons. The van der Waals surface area contributed by atoms with Crippen molar-refractivity contribution in [2.45, 2.75) is 18.8 Å². The molecule has 2 N–H and O–H groups in total. The molecule has 7 heteroatoms. The molecule has 0 bridgehead atoms. The Morgan fingerprint density at radius 1 is 1.53 bits per heavy atom. The molecule has 1 aliphatic heterocycles. The van der Waals surface area contributed by atoms with Crippen LogP contribution in [0, 0.1) is 0 Å². The lowest BCUT2D eigenvalue weighted by Gasteiger charge is -2.11. The highest BCUT2D eigenvalue weighted by Gasteiger charge is 2.31. The molecule has 0 unspecified atom stereocenters. The van der Waals surface area contributed by atoms with Crippen molar-refractivity contribution in [3.8, 4) is 0 Å². The van der Waals surface area contributed by atoms with Crippen LogP contribution in [-0.4, -0.2) is 25.7 Å². The summed E-state index contributed by atoms with van der Waals surface area (Å²) in [5.74, 6) is 0.284. The molecule has 0 amide bonds. The number of anilines is 1. The Labute approximate surface area is 95.9 Å². The second-order valence-corrected chi connectivity index (χ2v) is 3.83. The Kier molecular flexibility index (Phi) is 2.01. The molecule has 0 saturated carbocycles. The van der Waals surface area contributed by atoms with Gasteiger partial charge in [0.2, 0.25) is 5.95 Å². The SMILES string of the molecule is C=C1O[C@@H](n2cnc3cnc(N)nc32)C[C@@H]1F. The van der Waals surface area contributed by atoms with Crippen molar-refractivity contribution in [1.29, 1.82) is 0 Å². The second-order valence-electron chi connectivity index (χ2n) is 3.83. The summed E-state index contributed by atoms with van der Waals surface area (Å²) >= 11 is 0. The summed E-state index contributed by atoms with van der Waals surface area (Å²) in [6.07, 6.45) is 1.63. The van der Waals surface area contributed by atoms with E-state index in [1.165, 1.54) is 12.5 Å². The lowest BCUT2D eigenvalue weighted by atomic mass is 10.3. The van der Waals surface area contributed by atoms with E-state index in [2.05, 4.69) is 21.5 Å². The normalized spacial score (nSPS) is 24.2. The lowest BCUT2D eigenvalue weighted by Crippen LogP contribution is -2.07. The molecule has 0 aliphatic carbocycles. The van der Waals surface area contributed by atoms with Crippen molar-refractivity contribution in [1.82, 2.24) is 19.5 Å². The molecule has 88 valence electrons. The predicted molar refractivity (Wildman–Crippen MR) is 58.5 cm³/mol. The topological polar surface area (TPSA) is 78.8 Å². The molecule has 2 aromatic heterocycles. The third kappa shape index (κ3) is 1.50. The van der Waals surface area contributed by atoms with Gasteiger partial charge in [0.1, 0.15) is 17.6 Å². The molecular formula is C10H10FN5O. The van der Waals surface area contributed by atoms with Crippen LogP contribution in [0.25, 0.3) is 11.2 Å². The molecule has 0 aromatic carbocycles.